The fraction of sp³-hybridized carbons (Fsp3) is 0.364. The summed E-state index contributed by atoms with van der Waals surface area (Å²) in [7, 11) is 1.18. The molecule has 2 aromatic carbocycles. The van der Waals surface area contributed by atoms with Crippen LogP contribution in [0.1, 0.15) is 51.6 Å². The normalized spacial score (nSPS) is 17.7. The second-order valence-electron chi connectivity index (χ2n) is 7.43. The van der Waals surface area contributed by atoms with E-state index in [0.717, 1.165) is 30.9 Å². The Morgan fingerprint density at radius 1 is 1.06 bits per heavy atom. The quantitative estimate of drug-likeness (QED) is 0.418. The van der Waals surface area contributed by atoms with E-state index >= 15 is 0 Å². The zero-order valence-corrected chi connectivity index (χ0v) is 17.0. The largest absolute Gasteiger partial charge is 0.490 e. The summed E-state index contributed by atoms with van der Waals surface area (Å²) < 4.78 is 16.1. The fourth-order valence-electron chi connectivity index (χ4n) is 3.99. The zero-order valence-electron chi connectivity index (χ0n) is 17.0. The average molecular weight is 426 g/mol. The Hall–Kier alpha value is -3.62. The lowest BCUT2D eigenvalue weighted by Crippen LogP contribution is -2.30. The molecule has 0 saturated carbocycles. The first kappa shape index (κ1) is 20.6. The van der Waals surface area contributed by atoms with Crippen LogP contribution in [-0.4, -0.2) is 48.6 Å². The van der Waals surface area contributed by atoms with Crippen molar-refractivity contribution in [2.45, 2.75) is 25.3 Å². The van der Waals surface area contributed by atoms with Crippen LogP contribution < -0.4 is 9.47 Å². The number of esters is 1. The van der Waals surface area contributed by atoms with Crippen LogP contribution >= 0.6 is 0 Å². The molecule has 0 spiro atoms. The summed E-state index contributed by atoms with van der Waals surface area (Å²) >= 11 is 0. The second-order valence-corrected chi connectivity index (χ2v) is 7.43. The number of rotatable bonds is 4. The smallest absolute Gasteiger partial charge is 0.338 e. The van der Waals surface area contributed by atoms with E-state index in [1.165, 1.54) is 19.2 Å². The number of nitro groups is 1. The number of non-ortho nitro benzene ring substituents is 1. The average Bonchev–Trinajstić information content (AvgIpc) is 3.16. The van der Waals surface area contributed by atoms with Gasteiger partial charge >= 0.3 is 5.97 Å². The molecule has 0 aromatic heterocycles. The molecule has 1 atom stereocenters. The van der Waals surface area contributed by atoms with E-state index < -0.39 is 10.9 Å². The van der Waals surface area contributed by atoms with Gasteiger partial charge in [-0.1, -0.05) is 6.07 Å². The standard InChI is InChI=1S/C22H22N2O7/c1-29-22(26)16-10-15(11-17(12-16)24(27)28)21(25)23-7-2-4-18(23)14-5-6-19-20(13-14)31-9-3-8-30-19/h5-6,10-13,18H,2-4,7-9H2,1H3/t18-/m0/s1. The van der Waals surface area contributed by atoms with E-state index in [2.05, 4.69) is 4.74 Å². The SMILES string of the molecule is COC(=O)c1cc(C(=O)N2CCC[C@H]2c2ccc3c(c2)OCCCO3)cc([N+](=O)[O-])c1. The number of likely N-dealkylation sites (tertiary alicyclic amines) is 1. The summed E-state index contributed by atoms with van der Waals surface area (Å²) in [6.45, 7) is 1.66. The van der Waals surface area contributed by atoms with E-state index in [-0.39, 0.29) is 28.8 Å². The first-order valence-electron chi connectivity index (χ1n) is 10.1. The van der Waals surface area contributed by atoms with E-state index in [4.69, 9.17) is 9.47 Å². The lowest BCUT2D eigenvalue weighted by Gasteiger charge is -2.26. The monoisotopic (exact) mass is 426 g/mol. The molecule has 2 aliphatic heterocycles. The number of nitrogens with zero attached hydrogens (tertiary/aromatic N) is 2. The summed E-state index contributed by atoms with van der Waals surface area (Å²) in [5.41, 5.74) is 0.619. The molecule has 1 amide bonds. The summed E-state index contributed by atoms with van der Waals surface area (Å²) in [5.74, 6) is 0.221. The molecule has 0 aliphatic carbocycles. The third kappa shape index (κ3) is 4.16. The van der Waals surface area contributed by atoms with E-state index in [1.807, 2.05) is 18.2 Å². The summed E-state index contributed by atoms with van der Waals surface area (Å²) in [6.07, 6.45) is 2.35. The maximum absolute atomic E-state index is 13.3. The molecule has 0 N–H and O–H groups in total. The Morgan fingerprint density at radius 2 is 1.81 bits per heavy atom. The number of nitro benzene ring substituents is 1. The van der Waals surface area contributed by atoms with Crippen molar-refractivity contribution in [1.82, 2.24) is 4.90 Å². The molecule has 2 aromatic rings. The predicted octanol–water partition coefficient (Wildman–Crippen LogP) is 3.52. The Kier molecular flexibility index (Phi) is 5.75. The Morgan fingerprint density at radius 3 is 2.55 bits per heavy atom. The van der Waals surface area contributed by atoms with E-state index in [1.54, 1.807) is 4.90 Å². The zero-order chi connectivity index (χ0) is 22.0. The van der Waals surface area contributed by atoms with Gasteiger partial charge in [-0.3, -0.25) is 14.9 Å². The van der Waals surface area contributed by atoms with Gasteiger partial charge in [0.2, 0.25) is 0 Å². The number of hydrogen-bond donors (Lipinski definition) is 0. The van der Waals surface area contributed by atoms with Crippen LogP contribution in [-0.2, 0) is 4.74 Å². The molecule has 0 bridgehead atoms. The van der Waals surface area contributed by atoms with Gasteiger partial charge in [-0.05, 0) is 36.6 Å². The molecule has 1 saturated heterocycles. The van der Waals surface area contributed by atoms with E-state index in [0.29, 0.717) is 31.3 Å². The molecule has 0 radical (unpaired) electrons. The Bertz CT molecular complexity index is 1040. The molecule has 9 heteroatoms. The highest BCUT2D eigenvalue weighted by Crippen LogP contribution is 2.38. The van der Waals surface area contributed by atoms with Crippen molar-refractivity contribution >= 4 is 17.6 Å². The van der Waals surface area contributed by atoms with Crippen LogP contribution in [0.2, 0.25) is 0 Å². The molecule has 9 nitrogen and oxygen atoms in total. The molecule has 0 unspecified atom stereocenters. The highest BCUT2D eigenvalue weighted by molar-refractivity contribution is 5.99. The molecule has 1 fully saturated rings. The molecule has 162 valence electrons. The number of fused-ring (bicyclic) bond motifs is 1. The van der Waals surface area contributed by atoms with Crippen molar-refractivity contribution in [2.24, 2.45) is 0 Å². The van der Waals surface area contributed by atoms with Crippen LogP contribution in [0, 0.1) is 10.1 Å². The van der Waals surface area contributed by atoms with Crippen molar-refractivity contribution in [3.8, 4) is 11.5 Å². The maximum atomic E-state index is 13.3. The highest BCUT2D eigenvalue weighted by atomic mass is 16.6. The van der Waals surface area contributed by atoms with Crippen LogP contribution in [0.3, 0.4) is 0 Å². The van der Waals surface area contributed by atoms with Gasteiger partial charge < -0.3 is 19.1 Å². The lowest BCUT2D eigenvalue weighted by atomic mass is 10.0. The number of hydrogen-bond acceptors (Lipinski definition) is 7. The number of methoxy groups -OCH3 is 1. The van der Waals surface area contributed by atoms with Crippen molar-refractivity contribution < 1.29 is 28.7 Å². The van der Waals surface area contributed by atoms with Crippen molar-refractivity contribution in [2.75, 3.05) is 26.9 Å². The highest BCUT2D eigenvalue weighted by Gasteiger charge is 2.32. The first-order chi connectivity index (χ1) is 15.0. The second kappa shape index (κ2) is 8.63. The van der Waals surface area contributed by atoms with Crippen LogP contribution in [0.4, 0.5) is 5.69 Å². The van der Waals surface area contributed by atoms with Crippen molar-refractivity contribution in [3.05, 3.63) is 63.2 Å². The Labute approximate surface area is 178 Å². The number of carbonyl (C=O) groups excluding carboxylic acids is 2. The van der Waals surface area contributed by atoms with Gasteiger partial charge in [-0.15, -0.1) is 0 Å². The van der Waals surface area contributed by atoms with Gasteiger partial charge in [0, 0.05) is 30.7 Å². The van der Waals surface area contributed by atoms with Gasteiger partial charge in [-0.25, -0.2) is 4.79 Å². The van der Waals surface area contributed by atoms with Gasteiger partial charge in [0.1, 0.15) is 0 Å². The number of carbonyl (C=O) groups is 2. The molecule has 31 heavy (non-hydrogen) atoms. The van der Waals surface area contributed by atoms with Crippen LogP contribution in [0.5, 0.6) is 11.5 Å². The number of ether oxygens (including phenoxy) is 3. The van der Waals surface area contributed by atoms with Crippen molar-refractivity contribution in [3.63, 3.8) is 0 Å². The minimum Gasteiger partial charge on any atom is -0.490 e. The minimum atomic E-state index is -0.737. The predicted molar refractivity (Wildman–Crippen MR) is 109 cm³/mol. The summed E-state index contributed by atoms with van der Waals surface area (Å²) in [5, 5.41) is 11.3. The Balaban J connectivity index is 1.65. The van der Waals surface area contributed by atoms with Crippen LogP contribution in [0.25, 0.3) is 0 Å². The van der Waals surface area contributed by atoms with Gasteiger partial charge in [-0.2, -0.15) is 0 Å². The maximum Gasteiger partial charge on any atom is 0.338 e. The number of benzene rings is 2. The third-order valence-corrected chi connectivity index (χ3v) is 5.47. The molecule has 4 rings (SSSR count). The van der Waals surface area contributed by atoms with E-state index in [9.17, 15) is 19.7 Å². The first-order valence-corrected chi connectivity index (χ1v) is 10.1. The van der Waals surface area contributed by atoms with Gasteiger partial charge in [0.15, 0.2) is 11.5 Å². The van der Waals surface area contributed by atoms with Gasteiger partial charge in [0.25, 0.3) is 11.6 Å². The number of amides is 1. The van der Waals surface area contributed by atoms with Crippen molar-refractivity contribution in [1.29, 1.82) is 0 Å². The molecular formula is C22H22N2O7. The molecule has 2 heterocycles. The minimum absolute atomic E-state index is 0.0358. The van der Waals surface area contributed by atoms with Gasteiger partial charge in [0.05, 0.1) is 36.9 Å². The molecule has 2 aliphatic rings. The van der Waals surface area contributed by atoms with Crippen LogP contribution in [0.15, 0.2) is 36.4 Å². The third-order valence-electron chi connectivity index (χ3n) is 5.47. The fourth-order valence-corrected chi connectivity index (χ4v) is 3.99. The topological polar surface area (TPSA) is 108 Å². The summed E-state index contributed by atoms with van der Waals surface area (Å²) in [6, 6.07) is 9.09. The lowest BCUT2D eigenvalue weighted by molar-refractivity contribution is -0.384. The molecular weight excluding hydrogens is 404 g/mol. The summed E-state index contributed by atoms with van der Waals surface area (Å²) in [4.78, 5) is 37.6.